The lowest BCUT2D eigenvalue weighted by atomic mass is 10.1. The minimum atomic E-state index is -0.0891. The summed E-state index contributed by atoms with van der Waals surface area (Å²) in [5.74, 6) is 1.59. The number of hydrogen-bond acceptors (Lipinski definition) is 4. The Balaban J connectivity index is 1.43. The quantitative estimate of drug-likeness (QED) is 0.370. The van der Waals surface area contributed by atoms with Gasteiger partial charge in [0.05, 0.1) is 7.11 Å². The molecule has 4 heteroatoms. The first-order valence-corrected chi connectivity index (χ1v) is 9.42. The van der Waals surface area contributed by atoms with Crippen LogP contribution in [0, 0.1) is 0 Å². The van der Waals surface area contributed by atoms with E-state index in [0.29, 0.717) is 13.2 Å². The summed E-state index contributed by atoms with van der Waals surface area (Å²) in [6, 6.07) is 6.05. The molecule has 0 amide bonds. The Morgan fingerprint density at radius 1 is 1.00 bits per heavy atom. The van der Waals surface area contributed by atoms with Gasteiger partial charge in [0.1, 0.15) is 0 Å². The van der Waals surface area contributed by atoms with Crippen LogP contribution in [0.5, 0.6) is 11.5 Å². The Morgan fingerprint density at radius 2 is 1.68 bits per heavy atom. The zero-order chi connectivity index (χ0) is 17.7. The maximum Gasteiger partial charge on any atom is 0.305 e. The number of hydrogen-bond donors (Lipinski definition) is 0. The molecular weight excluding hydrogens is 316 g/mol. The van der Waals surface area contributed by atoms with Crippen LogP contribution in [0.15, 0.2) is 24.3 Å². The van der Waals surface area contributed by atoms with E-state index in [1.165, 1.54) is 45.6 Å². The van der Waals surface area contributed by atoms with Gasteiger partial charge in [-0.2, -0.15) is 0 Å². The van der Waals surface area contributed by atoms with Crippen LogP contribution in [0.4, 0.5) is 0 Å². The molecule has 0 aromatic heterocycles. The molecule has 1 heterocycles. The summed E-state index contributed by atoms with van der Waals surface area (Å²) in [7, 11) is 1.45. The molecule has 0 saturated heterocycles. The van der Waals surface area contributed by atoms with Crippen molar-refractivity contribution in [2.24, 2.45) is 0 Å². The van der Waals surface area contributed by atoms with Gasteiger partial charge in [-0.05, 0) is 37.0 Å². The third kappa shape index (κ3) is 7.63. The van der Waals surface area contributed by atoms with Crippen molar-refractivity contribution < 1.29 is 19.0 Å². The van der Waals surface area contributed by atoms with E-state index in [4.69, 9.17) is 9.47 Å². The fourth-order valence-electron chi connectivity index (χ4n) is 2.93. The number of allylic oxidation sites excluding steroid dienone is 1. The van der Waals surface area contributed by atoms with Crippen LogP contribution >= 0.6 is 0 Å². The molecule has 0 N–H and O–H groups in total. The molecular formula is C21H30O4. The van der Waals surface area contributed by atoms with Crippen LogP contribution in [0.3, 0.4) is 0 Å². The maximum atomic E-state index is 11.0. The summed E-state index contributed by atoms with van der Waals surface area (Å²) in [5, 5.41) is 0. The highest BCUT2D eigenvalue weighted by Crippen LogP contribution is 2.32. The zero-order valence-electron chi connectivity index (χ0n) is 15.3. The van der Waals surface area contributed by atoms with Gasteiger partial charge >= 0.3 is 5.97 Å². The van der Waals surface area contributed by atoms with Gasteiger partial charge in [0.2, 0.25) is 6.79 Å². The highest BCUT2D eigenvalue weighted by atomic mass is 16.7. The fraction of sp³-hybridized carbons (Fsp3) is 0.571. The molecule has 1 aromatic carbocycles. The van der Waals surface area contributed by atoms with Crippen molar-refractivity contribution >= 4 is 12.0 Å². The lowest BCUT2D eigenvalue weighted by Crippen LogP contribution is -1.99. The predicted molar refractivity (Wildman–Crippen MR) is 99.8 cm³/mol. The van der Waals surface area contributed by atoms with Crippen LogP contribution in [-0.2, 0) is 9.53 Å². The van der Waals surface area contributed by atoms with Gasteiger partial charge in [-0.15, -0.1) is 0 Å². The van der Waals surface area contributed by atoms with Gasteiger partial charge in [0.25, 0.3) is 0 Å². The Bertz CT molecular complexity index is 551. The number of methoxy groups -OCH3 is 1. The number of carbonyl (C=O) groups excluding carboxylic acids is 1. The van der Waals surface area contributed by atoms with E-state index in [1.807, 2.05) is 12.1 Å². The highest BCUT2D eigenvalue weighted by Gasteiger charge is 2.11. The van der Waals surface area contributed by atoms with Crippen LogP contribution in [-0.4, -0.2) is 19.9 Å². The first-order valence-electron chi connectivity index (χ1n) is 9.42. The van der Waals surface area contributed by atoms with E-state index in [9.17, 15) is 4.79 Å². The second-order valence-electron chi connectivity index (χ2n) is 6.46. The molecule has 4 nitrogen and oxygen atoms in total. The largest absolute Gasteiger partial charge is 0.469 e. The number of fused-ring (bicyclic) bond motifs is 1. The first kappa shape index (κ1) is 19.4. The predicted octanol–water partition coefficient (Wildman–Crippen LogP) is 5.50. The standard InChI is InChI=1S/C21H30O4/c1-23-21(22)13-11-9-7-5-3-2-4-6-8-10-12-18-14-15-19-20(16-18)25-17-24-19/h10,12,14-16H,2-9,11,13,17H2,1H3/b12-10+. The molecule has 0 saturated carbocycles. The van der Waals surface area contributed by atoms with E-state index in [0.717, 1.165) is 36.3 Å². The van der Waals surface area contributed by atoms with Crippen LogP contribution in [0.1, 0.15) is 69.8 Å². The van der Waals surface area contributed by atoms with Crippen molar-refractivity contribution in [1.29, 1.82) is 0 Å². The molecule has 0 fully saturated rings. The van der Waals surface area contributed by atoms with Gasteiger partial charge in [-0.25, -0.2) is 0 Å². The first-order chi connectivity index (χ1) is 12.3. The molecule has 0 atom stereocenters. The molecule has 1 aromatic rings. The van der Waals surface area contributed by atoms with Crippen molar-refractivity contribution in [1.82, 2.24) is 0 Å². The Kier molecular flexibility index (Phi) is 8.95. The molecule has 0 bridgehead atoms. The maximum absolute atomic E-state index is 11.0. The van der Waals surface area contributed by atoms with E-state index >= 15 is 0 Å². The Hall–Kier alpha value is -1.97. The third-order valence-electron chi connectivity index (χ3n) is 4.44. The highest BCUT2D eigenvalue weighted by molar-refractivity contribution is 5.68. The van der Waals surface area contributed by atoms with Crippen LogP contribution in [0.2, 0.25) is 0 Å². The van der Waals surface area contributed by atoms with Crippen LogP contribution in [0.25, 0.3) is 6.08 Å². The van der Waals surface area contributed by atoms with Gasteiger partial charge in [0.15, 0.2) is 11.5 Å². The summed E-state index contributed by atoms with van der Waals surface area (Å²) in [6.45, 7) is 0.327. The average molecular weight is 346 g/mol. The van der Waals surface area contributed by atoms with E-state index in [2.05, 4.69) is 23.0 Å². The van der Waals surface area contributed by atoms with Crippen molar-refractivity contribution in [2.75, 3.05) is 13.9 Å². The van der Waals surface area contributed by atoms with Crippen LogP contribution < -0.4 is 9.47 Å². The van der Waals surface area contributed by atoms with Gasteiger partial charge in [-0.1, -0.05) is 56.7 Å². The van der Waals surface area contributed by atoms with Gasteiger partial charge in [-0.3, -0.25) is 4.79 Å². The van der Waals surface area contributed by atoms with Crippen molar-refractivity contribution in [3.05, 3.63) is 29.8 Å². The SMILES string of the molecule is COC(=O)CCCCCCCCCC/C=C/c1ccc2c(c1)OCO2. The number of ether oxygens (including phenoxy) is 3. The monoisotopic (exact) mass is 346 g/mol. The molecule has 25 heavy (non-hydrogen) atoms. The molecule has 0 aliphatic carbocycles. The molecule has 0 unspecified atom stereocenters. The Labute approximate surface area is 151 Å². The Morgan fingerprint density at radius 3 is 2.44 bits per heavy atom. The van der Waals surface area contributed by atoms with E-state index in [-0.39, 0.29) is 5.97 Å². The lowest BCUT2D eigenvalue weighted by Gasteiger charge is -2.02. The second-order valence-corrected chi connectivity index (χ2v) is 6.46. The smallest absolute Gasteiger partial charge is 0.305 e. The third-order valence-corrected chi connectivity index (χ3v) is 4.44. The normalized spacial score (nSPS) is 12.7. The average Bonchev–Trinajstić information content (AvgIpc) is 3.10. The number of benzene rings is 1. The molecule has 1 aliphatic rings. The summed E-state index contributed by atoms with van der Waals surface area (Å²) in [6.07, 6.45) is 15.8. The second kappa shape index (κ2) is 11.6. The molecule has 0 spiro atoms. The fourth-order valence-corrected chi connectivity index (χ4v) is 2.93. The zero-order valence-corrected chi connectivity index (χ0v) is 15.3. The van der Waals surface area contributed by atoms with E-state index < -0.39 is 0 Å². The van der Waals surface area contributed by atoms with Gasteiger partial charge < -0.3 is 14.2 Å². The topological polar surface area (TPSA) is 44.8 Å². The minimum absolute atomic E-state index is 0.0891. The summed E-state index contributed by atoms with van der Waals surface area (Å²) in [5.41, 5.74) is 1.16. The van der Waals surface area contributed by atoms with Crippen molar-refractivity contribution in [3.8, 4) is 11.5 Å². The molecule has 1 aliphatic heterocycles. The molecule has 2 rings (SSSR count). The number of rotatable bonds is 12. The van der Waals surface area contributed by atoms with Crippen molar-refractivity contribution in [3.63, 3.8) is 0 Å². The lowest BCUT2D eigenvalue weighted by molar-refractivity contribution is -0.140. The van der Waals surface area contributed by atoms with Gasteiger partial charge in [0, 0.05) is 6.42 Å². The molecule has 138 valence electrons. The number of carbonyl (C=O) groups is 1. The molecule has 0 radical (unpaired) electrons. The number of esters is 1. The number of unbranched alkanes of at least 4 members (excludes halogenated alkanes) is 8. The van der Waals surface area contributed by atoms with E-state index in [1.54, 1.807) is 0 Å². The van der Waals surface area contributed by atoms with Crippen molar-refractivity contribution in [2.45, 2.75) is 64.2 Å². The summed E-state index contributed by atoms with van der Waals surface area (Å²) < 4.78 is 15.3. The summed E-state index contributed by atoms with van der Waals surface area (Å²) in [4.78, 5) is 11.0. The summed E-state index contributed by atoms with van der Waals surface area (Å²) >= 11 is 0. The minimum Gasteiger partial charge on any atom is -0.469 e.